The number of hydrogen-bond acceptors (Lipinski definition) is 6. The van der Waals surface area contributed by atoms with Gasteiger partial charge in [0.2, 0.25) is 5.88 Å². The van der Waals surface area contributed by atoms with E-state index in [1.807, 2.05) is 61.5 Å². The topological polar surface area (TPSA) is 87.5 Å². The third-order valence-corrected chi connectivity index (χ3v) is 5.19. The molecular formula is C26H26N4O4. The fraction of sp³-hybridized carbons (Fsp3) is 0.192. The van der Waals surface area contributed by atoms with Gasteiger partial charge in [-0.1, -0.05) is 18.2 Å². The quantitative estimate of drug-likeness (QED) is 0.403. The van der Waals surface area contributed by atoms with Crippen LogP contribution in [0.4, 0.5) is 0 Å². The van der Waals surface area contributed by atoms with E-state index in [0.29, 0.717) is 47.4 Å². The van der Waals surface area contributed by atoms with Crippen LogP contribution in [0.2, 0.25) is 0 Å². The van der Waals surface area contributed by atoms with E-state index in [1.165, 1.54) is 0 Å². The van der Waals surface area contributed by atoms with Gasteiger partial charge < -0.3 is 19.5 Å². The number of carbonyl (C=O) groups is 1. The summed E-state index contributed by atoms with van der Waals surface area (Å²) in [4.78, 5) is 17.5. The van der Waals surface area contributed by atoms with Crippen LogP contribution in [-0.2, 0) is 6.54 Å². The van der Waals surface area contributed by atoms with E-state index >= 15 is 0 Å². The minimum absolute atomic E-state index is 0.259. The van der Waals surface area contributed by atoms with Gasteiger partial charge in [0.1, 0.15) is 17.2 Å². The van der Waals surface area contributed by atoms with Gasteiger partial charge in [-0.3, -0.25) is 4.79 Å². The summed E-state index contributed by atoms with van der Waals surface area (Å²) in [5.41, 5.74) is 3.33. The molecule has 1 N–H and O–H groups in total. The number of pyridine rings is 1. The number of nitrogens with zero attached hydrogens (tertiary/aromatic N) is 3. The molecule has 8 heteroatoms. The largest absolute Gasteiger partial charge is 0.497 e. The molecule has 34 heavy (non-hydrogen) atoms. The van der Waals surface area contributed by atoms with Crippen molar-refractivity contribution in [1.82, 2.24) is 20.1 Å². The van der Waals surface area contributed by atoms with Gasteiger partial charge in [0.15, 0.2) is 0 Å². The number of aromatic nitrogens is 3. The molecule has 4 aromatic rings. The zero-order valence-electron chi connectivity index (χ0n) is 19.3. The maximum absolute atomic E-state index is 13.3. The number of rotatable bonds is 9. The molecule has 4 rings (SSSR count). The number of carbonyl (C=O) groups excluding carboxylic acids is 1. The van der Waals surface area contributed by atoms with E-state index in [-0.39, 0.29) is 5.91 Å². The molecule has 0 atom stereocenters. The van der Waals surface area contributed by atoms with Crippen molar-refractivity contribution >= 4 is 5.91 Å². The van der Waals surface area contributed by atoms with Crippen molar-refractivity contribution in [3.8, 4) is 34.3 Å². The predicted molar refractivity (Wildman–Crippen MR) is 129 cm³/mol. The van der Waals surface area contributed by atoms with Gasteiger partial charge in [0, 0.05) is 36.6 Å². The number of amides is 1. The Labute approximate surface area is 198 Å². The van der Waals surface area contributed by atoms with Crippen molar-refractivity contribution < 1.29 is 19.0 Å². The Balaban J connectivity index is 1.69. The number of ether oxygens (including phenoxy) is 3. The van der Waals surface area contributed by atoms with E-state index in [0.717, 1.165) is 11.3 Å². The van der Waals surface area contributed by atoms with Gasteiger partial charge in [-0.25, -0.2) is 9.67 Å². The zero-order chi connectivity index (χ0) is 23.9. The molecule has 0 fully saturated rings. The molecule has 2 heterocycles. The standard InChI is InChI=1S/C26H26N4O4/c1-4-34-24-14-18(12-13-27-24)16-28-26(31)22-17-30(19-8-6-5-7-9-19)29-25(22)21-11-10-20(32-2)15-23(21)33-3/h5-15,17H,4,16H2,1-3H3,(H,28,31). The maximum atomic E-state index is 13.3. The first kappa shape index (κ1) is 22.8. The van der Waals surface area contributed by atoms with Crippen molar-refractivity contribution in [3.05, 3.63) is 84.2 Å². The fourth-order valence-electron chi connectivity index (χ4n) is 3.51. The first-order chi connectivity index (χ1) is 16.6. The molecule has 8 nitrogen and oxygen atoms in total. The summed E-state index contributed by atoms with van der Waals surface area (Å²) in [6.45, 7) is 2.74. The first-order valence-corrected chi connectivity index (χ1v) is 10.9. The van der Waals surface area contributed by atoms with Gasteiger partial charge in [-0.15, -0.1) is 0 Å². The lowest BCUT2D eigenvalue weighted by Crippen LogP contribution is -2.23. The van der Waals surface area contributed by atoms with E-state index in [1.54, 1.807) is 37.4 Å². The third-order valence-electron chi connectivity index (χ3n) is 5.19. The van der Waals surface area contributed by atoms with Crippen LogP contribution in [0.25, 0.3) is 16.9 Å². The van der Waals surface area contributed by atoms with Gasteiger partial charge >= 0.3 is 0 Å². The number of para-hydroxylation sites is 1. The van der Waals surface area contributed by atoms with Crippen LogP contribution in [0.5, 0.6) is 17.4 Å². The summed E-state index contributed by atoms with van der Waals surface area (Å²) in [5, 5.41) is 7.71. The lowest BCUT2D eigenvalue weighted by atomic mass is 10.1. The molecule has 0 spiro atoms. The summed E-state index contributed by atoms with van der Waals surface area (Å²) in [7, 11) is 3.17. The Morgan fingerprint density at radius 3 is 2.59 bits per heavy atom. The third kappa shape index (κ3) is 5.01. The van der Waals surface area contributed by atoms with E-state index in [4.69, 9.17) is 19.3 Å². The smallest absolute Gasteiger partial charge is 0.255 e. The number of hydrogen-bond donors (Lipinski definition) is 1. The van der Waals surface area contributed by atoms with Crippen molar-refractivity contribution in [3.63, 3.8) is 0 Å². The van der Waals surface area contributed by atoms with Crippen molar-refractivity contribution in [1.29, 1.82) is 0 Å². The second-order valence-corrected chi connectivity index (χ2v) is 7.36. The van der Waals surface area contributed by atoms with E-state index in [9.17, 15) is 4.79 Å². The number of methoxy groups -OCH3 is 2. The summed E-state index contributed by atoms with van der Waals surface area (Å²) in [6.07, 6.45) is 3.38. The summed E-state index contributed by atoms with van der Waals surface area (Å²) in [5.74, 6) is 1.47. The lowest BCUT2D eigenvalue weighted by molar-refractivity contribution is 0.0951. The van der Waals surface area contributed by atoms with E-state index < -0.39 is 0 Å². The van der Waals surface area contributed by atoms with Crippen LogP contribution in [0, 0.1) is 0 Å². The molecule has 0 aliphatic carbocycles. The Hall–Kier alpha value is -4.33. The van der Waals surface area contributed by atoms with Gasteiger partial charge in [-0.2, -0.15) is 5.10 Å². The molecule has 0 radical (unpaired) electrons. The molecule has 0 saturated carbocycles. The molecule has 2 aromatic carbocycles. The van der Waals surface area contributed by atoms with Crippen LogP contribution in [0.1, 0.15) is 22.8 Å². The Morgan fingerprint density at radius 2 is 1.85 bits per heavy atom. The summed E-state index contributed by atoms with van der Waals surface area (Å²) < 4.78 is 18.0. The molecule has 0 bridgehead atoms. The van der Waals surface area contributed by atoms with Gasteiger partial charge in [0.25, 0.3) is 5.91 Å². The van der Waals surface area contributed by atoms with Crippen molar-refractivity contribution in [2.75, 3.05) is 20.8 Å². The molecule has 0 unspecified atom stereocenters. The molecule has 0 saturated heterocycles. The highest BCUT2D eigenvalue weighted by Crippen LogP contribution is 2.34. The Bertz CT molecular complexity index is 1270. The molecule has 174 valence electrons. The average Bonchev–Trinajstić information content (AvgIpc) is 3.33. The highest BCUT2D eigenvalue weighted by atomic mass is 16.5. The van der Waals surface area contributed by atoms with Gasteiger partial charge in [-0.05, 0) is 42.8 Å². The van der Waals surface area contributed by atoms with Crippen molar-refractivity contribution in [2.45, 2.75) is 13.5 Å². The minimum atomic E-state index is -0.259. The monoisotopic (exact) mass is 458 g/mol. The van der Waals surface area contributed by atoms with Crippen LogP contribution >= 0.6 is 0 Å². The highest BCUT2D eigenvalue weighted by Gasteiger charge is 2.21. The zero-order valence-corrected chi connectivity index (χ0v) is 19.3. The van der Waals surface area contributed by atoms with Crippen molar-refractivity contribution in [2.24, 2.45) is 0 Å². The lowest BCUT2D eigenvalue weighted by Gasteiger charge is -2.11. The van der Waals surface area contributed by atoms with Crippen LogP contribution < -0.4 is 19.5 Å². The Morgan fingerprint density at radius 1 is 1.03 bits per heavy atom. The SMILES string of the molecule is CCOc1cc(CNC(=O)c2cn(-c3ccccc3)nc2-c2ccc(OC)cc2OC)ccn1. The normalized spacial score (nSPS) is 10.6. The molecular weight excluding hydrogens is 432 g/mol. The fourth-order valence-corrected chi connectivity index (χ4v) is 3.51. The average molecular weight is 459 g/mol. The second kappa shape index (κ2) is 10.5. The summed E-state index contributed by atoms with van der Waals surface area (Å²) >= 11 is 0. The van der Waals surface area contributed by atoms with Gasteiger partial charge in [0.05, 0.1) is 32.1 Å². The predicted octanol–water partition coefficient (Wildman–Crippen LogP) is 4.28. The number of nitrogens with one attached hydrogen (secondary N) is 1. The first-order valence-electron chi connectivity index (χ1n) is 10.9. The minimum Gasteiger partial charge on any atom is -0.497 e. The highest BCUT2D eigenvalue weighted by molar-refractivity contribution is 6.00. The maximum Gasteiger partial charge on any atom is 0.255 e. The number of benzene rings is 2. The van der Waals surface area contributed by atoms with E-state index in [2.05, 4.69) is 10.3 Å². The molecule has 0 aliphatic heterocycles. The molecule has 0 aliphatic rings. The second-order valence-electron chi connectivity index (χ2n) is 7.36. The van der Waals surface area contributed by atoms with Crippen LogP contribution in [0.3, 0.4) is 0 Å². The molecule has 2 aromatic heterocycles. The molecule has 1 amide bonds. The van der Waals surface area contributed by atoms with Crippen LogP contribution in [-0.4, -0.2) is 41.5 Å². The van der Waals surface area contributed by atoms with Crippen LogP contribution in [0.15, 0.2) is 73.1 Å². The summed E-state index contributed by atoms with van der Waals surface area (Å²) in [6, 6.07) is 18.7. The Kier molecular flexibility index (Phi) is 7.07.